The standard InChI is InChI=1S/C22H27N3O5S/c1-4-30-22(27)18-7-10-20(23-15-18)24-11-13-25(14-12-24)21(26)17-5-8-19(9-6-17)31(28,29)16(2)3/h5-10,15-16H,4,11-14H2,1-3H3. The van der Waals surface area contributed by atoms with E-state index < -0.39 is 21.1 Å². The number of benzene rings is 1. The first-order valence-corrected chi connectivity index (χ1v) is 11.8. The lowest BCUT2D eigenvalue weighted by Gasteiger charge is -2.35. The first-order valence-electron chi connectivity index (χ1n) is 10.3. The number of esters is 1. The number of pyridine rings is 1. The number of hydrogen-bond donors (Lipinski definition) is 0. The van der Waals surface area contributed by atoms with Gasteiger partial charge in [-0.2, -0.15) is 0 Å². The number of piperazine rings is 1. The van der Waals surface area contributed by atoms with Crippen LogP contribution in [0.15, 0.2) is 47.5 Å². The zero-order valence-electron chi connectivity index (χ0n) is 17.9. The predicted octanol–water partition coefficient (Wildman–Crippen LogP) is 2.40. The average Bonchev–Trinajstić information content (AvgIpc) is 2.79. The summed E-state index contributed by atoms with van der Waals surface area (Å²) in [6.07, 6.45) is 1.50. The van der Waals surface area contributed by atoms with Crippen molar-refractivity contribution in [2.24, 2.45) is 0 Å². The lowest BCUT2D eigenvalue weighted by Crippen LogP contribution is -2.49. The average molecular weight is 446 g/mol. The zero-order valence-corrected chi connectivity index (χ0v) is 18.8. The summed E-state index contributed by atoms with van der Waals surface area (Å²) in [5.74, 6) is 0.214. The second-order valence-electron chi connectivity index (χ2n) is 7.52. The van der Waals surface area contributed by atoms with Gasteiger partial charge in [0.05, 0.1) is 22.3 Å². The minimum absolute atomic E-state index is 0.126. The quantitative estimate of drug-likeness (QED) is 0.630. The molecule has 166 valence electrons. The molecule has 1 aliphatic heterocycles. The Hall–Kier alpha value is -2.94. The Morgan fingerprint density at radius 3 is 2.13 bits per heavy atom. The van der Waals surface area contributed by atoms with Gasteiger partial charge in [-0.3, -0.25) is 4.79 Å². The fourth-order valence-electron chi connectivity index (χ4n) is 3.29. The topological polar surface area (TPSA) is 96.9 Å². The van der Waals surface area contributed by atoms with Gasteiger partial charge >= 0.3 is 5.97 Å². The number of rotatable bonds is 6. The van der Waals surface area contributed by atoms with E-state index in [9.17, 15) is 18.0 Å². The molecule has 31 heavy (non-hydrogen) atoms. The SMILES string of the molecule is CCOC(=O)c1ccc(N2CCN(C(=O)c3ccc(S(=O)(=O)C(C)C)cc3)CC2)nc1. The van der Waals surface area contributed by atoms with Crippen molar-refractivity contribution in [1.29, 1.82) is 0 Å². The van der Waals surface area contributed by atoms with Crippen LogP contribution in [0.2, 0.25) is 0 Å². The number of anilines is 1. The molecule has 0 radical (unpaired) electrons. The van der Waals surface area contributed by atoms with Gasteiger partial charge < -0.3 is 14.5 Å². The van der Waals surface area contributed by atoms with Gasteiger partial charge in [-0.05, 0) is 57.2 Å². The summed E-state index contributed by atoms with van der Waals surface area (Å²) < 4.78 is 29.5. The fourth-order valence-corrected chi connectivity index (χ4v) is 4.35. The molecule has 1 aromatic heterocycles. The number of aromatic nitrogens is 1. The maximum absolute atomic E-state index is 12.8. The normalized spacial score (nSPS) is 14.6. The lowest BCUT2D eigenvalue weighted by molar-refractivity contribution is 0.0525. The Morgan fingerprint density at radius 2 is 1.61 bits per heavy atom. The van der Waals surface area contributed by atoms with Crippen molar-refractivity contribution in [2.45, 2.75) is 30.9 Å². The molecule has 0 unspecified atom stereocenters. The smallest absolute Gasteiger partial charge is 0.339 e. The second-order valence-corrected chi connectivity index (χ2v) is 10.0. The van der Waals surface area contributed by atoms with Gasteiger partial charge in [-0.25, -0.2) is 18.2 Å². The summed E-state index contributed by atoms with van der Waals surface area (Å²) >= 11 is 0. The van der Waals surface area contributed by atoms with E-state index in [1.165, 1.54) is 18.3 Å². The van der Waals surface area contributed by atoms with Crippen LogP contribution in [0.25, 0.3) is 0 Å². The van der Waals surface area contributed by atoms with Crippen LogP contribution in [0.3, 0.4) is 0 Å². The van der Waals surface area contributed by atoms with Gasteiger partial charge in [0.15, 0.2) is 9.84 Å². The molecule has 3 rings (SSSR count). The van der Waals surface area contributed by atoms with Crippen LogP contribution in [0.4, 0.5) is 5.82 Å². The van der Waals surface area contributed by atoms with Crippen LogP contribution in [-0.4, -0.2) is 68.2 Å². The molecule has 1 saturated heterocycles. The third kappa shape index (κ3) is 5.04. The Bertz CT molecular complexity index is 1030. The van der Waals surface area contributed by atoms with Crippen molar-refractivity contribution in [3.63, 3.8) is 0 Å². The molecule has 1 aliphatic rings. The van der Waals surface area contributed by atoms with E-state index in [2.05, 4.69) is 9.88 Å². The van der Waals surface area contributed by atoms with E-state index in [0.717, 1.165) is 5.82 Å². The van der Waals surface area contributed by atoms with Gasteiger partial charge in [-0.1, -0.05) is 0 Å². The van der Waals surface area contributed by atoms with Crippen LogP contribution in [0, 0.1) is 0 Å². The molecule has 1 amide bonds. The van der Waals surface area contributed by atoms with Gasteiger partial charge in [0.1, 0.15) is 5.82 Å². The molecule has 1 fully saturated rings. The second kappa shape index (κ2) is 9.47. The van der Waals surface area contributed by atoms with Crippen molar-refractivity contribution in [2.75, 3.05) is 37.7 Å². The number of sulfone groups is 1. The van der Waals surface area contributed by atoms with Crippen LogP contribution in [0.1, 0.15) is 41.5 Å². The minimum Gasteiger partial charge on any atom is -0.462 e. The summed E-state index contributed by atoms with van der Waals surface area (Å²) in [4.78, 5) is 32.9. The van der Waals surface area contributed by atoms with E-state index in [1.54, 1.807) is 49.9 Å². The number of ether oxygens (including phenoxy) is 1. The summed E-state index contributed by atoms with van der Waals surface area (Å²) in [6.45, 7) is 7.59. The maximum Gasteiger partial charge on any atom is 0.339 e. The van der Waals surface area contributed by atoms with E-state index in [4.69, 9.17) is 4.74 Å². The zero-order chi connectivity index (χ0) is 22.6. The van der Waals surface area contributed by atoms with Crippen LogP contribution in [-0.2, 0) is 14.6 Å². The van der Waals surface area contributed by atoms with Crippen LogP contribution >= 0.6 is 0 Å². The van der Waals surface area contributed by atoms with Crippen molar-refractivity contribution >= 4 is 27.5 Å². The Balaban J connectivity index is 1.60. The molecule has 8 nitrogen and oxygen atoms in total. The van der Waals surface area contributed by atoms with Crippen molar-refractivity contribution < 1.29 is 22.7 Å². The molecular weight excluding hydrogens is 418 g/mol. The van der Waals surface area contributed by atoms with E-state index in [0.29, 0.717) is 43.9 Å². The molecule has 0 bridgehead atoms. The molecule has 0 atom stereocenters. The van der Waals surface area contributed by atoms with E-state index in [-0.39, 0.29) is 10.8 Å². The predicted molar refractivity (Wildman–Crippen MR) is 117 cm³/mol. The van der Waals surface area contributed by atoms with Crippen molar-refractivity contribution in [3.8, 4) is 0 Å². The Labute approximate surface area is 182 Å². The molecule has 0 spiro atoms. The molecule has 0 saturated carbocycles. The Morgan fingerprint density at radius 1 is 1.00 bits per heavy atom. The lowest BCUT2D eigenvalue weighted by atomic mass is 10.2. The summed E-state index contributed by atoms with van der Waals surface area (Å²) in [6, 6.07) is 9.59. The third-order valence-electron chi connectivity index (χ3n) is 5.20. The van der Waals surface area contributed by atoms with Gasteiger partial charge in [0.2, 0.25) is 0 Å². The number of amides is 1. The van der Waals surface area contributed by atoms with E-state index in [1.807, 2.05) is 0 Å². The van der Waals surface area contributed by atoms with Crippen LogP contribution in [0.5, 0.6) is 0 Å². The van der Waals surface area contributed by atoms with E-state index >= 15 is 0 Å². The highest BCUT2D eigenvalue weighted by Gasteiger charge is 2.24. The Kier molecular flexibility index (Phi) is 6.94. The molecule has 0 aliphatic carbocycles. The third-order valence-corrected chi connectivity index (χ3v) is 7.37. The minimum atomic E-state index is -3.36. The molecule has 2 aromatic rings. The van der Waals surface area contributed by atoms with Gasteiger partial charge in [0, 0.05) is 37.9 Å². The molecule has 9 heteroatoms. The first-order chi connectivity index (χ1) is 14.7. The largest absolute Gasteiger partial charge is 0.462 e. The molecule has 2 heterocycles. The summed E-state index contributed by atoms with van der Waals surface area (Å²) in [5, 5.41) is -0.512. The number of hydrogen-bond acceptors (Lipinski definition) is 7. The summed E-state index contributed by atoms with van der Waals surface area (Å²) in [5.41, 5.74) is 0.871. The maximum atomic E-state index is 12.8. The van der Waals surface area contributed by atoms with Gasteiger partial charge in [-0.15, -0.1) is 0 Å². The molecular formula is C22H27N3O5S. The number of nitrogens with zero attached hydrogens (tertiary/aromatic N) is 3. The highest BCUT2D eigenvalue weighted by atomic mass is 32.2. The van der Waals surface area contributed by atoms with Crippen molar-refractivity contribution in [1.82, 2.24) is 9.88 Å². The van der Waals surface area contributed by atoms with Gasteiger partial charge in [0.25, 0.3) is 5.91 Å². The van der Waals surface area contributed by atoms with Crippen LogP contribution < -0.4 is 4.90 Å². The monoisotopic (exact) mass is 445 g/mol. The number of carbonyl (C=O) groups excluding carboxylic acids is 2. The molecule has 0 N–H and O–H groups in total. The highest BCUT2D eigenvalue weighted by molar-refractivity contribution is 7.92. The fraction of sp³-hybridized carbons (Fsp3) is 0.409. The number of carbonyl (C=O) groups is 2. The molecule has 1 aromatic carbocycles. The van der Waals surface area contributed by atoms with Crippen molar-refractivity contribution in [3.05, 3.63) is 53.7 Å². The summed E-state index contributed by atoms with van der Waals surface area (Å²) in [7, 11) is -3.36. The highest BCUT2D eigenvalue weighted by Crippen LogP contribution is 2.19. The first kappa shape index (κ1) is 22.7.